The monoisotopic (exact) mass is 1600 g/mol. The zero-order valence-corrected chi connectivity index (χ0v) is 76.5. The lowest BCUT2D eigenvalue weighted by atomic mass is 9.64. The molecule has 8 saturated carbocycles. The van der Waals surface area contributed by atoms with E-state index in [-0.39, 0.29) is 18.2 Å². The molecular formula is C109H158O8. The number of fused-ring (bicyclic) bond motifs is 18. The third-order valence-electron chi connectivity index (χ3n) is 30.5. The van der Waals surface area contributed by atoms with Gasteiger partial charge in [-0.2, -0.15) is 0 Å². The van der Waals surface area contributed by atoms with E-state index in [1.165, 1.54) is 117 Å². The minimum Gasteiger partial charge on any atom is -0.508 e. The minimum absolute atomic E-state index is 0.0715. The first-order valence-electron chi connectivity index (χ1n) is 47.2. The van der Waals surface area contributed by atoms with Gasteiger partial charge in [0.1, 0.15) is 40.1 Å². The minimum atomic E-state index is -0.131. The Morgan fingerprint density at radius 2 is 0.684 bits per heavy atom. The second-order valence-electron chi connectivity index (χ2n) is 39.1. The van der Waals surface area contributed by atoms with E-state index in [2.05, 4.69) is 242 Å². The maximum Gasteiger partial charge on any atom is 0.202 e. The van der Waals surface area contributed by atoms with Gasteiger partial charge in [-0.05, 0) is 359 Å². The maximum absolute atomic E-state index is 9.01. The molecule has 0 amide bonds. The average Bonchev–Trinajstić information content (AvgIpc) is 1.53. The van der Waals surface area contributed by atoms with Gasteiger partial charge in [-0.15, -0.1) is 0 Å². The Morgan fingerprint density at radius 3 is 1.06 bits per heavy atom. The summed E-state index contributed by atoms with van der Waals surface area (Å²) < 4.78 is 32.1. The highest BCUT2D eigenvalue weighted by Gasteiger charge is 2.68. The molecule has 642 valence electrons. The number of ether oxygens (including phenoxy) is 5. The van der Waals surface area contributed by atoms with Gasteiger partial charge < -0.3 is 39.0 Å². The Balaban J connectivity index is 0.000000151. The van der Waals surface area contributed by atoms with Crippen molar-refractivity contribution in [1.82, 2.24) is 0 Å². The average molecular weight is 1600 g/mol. The smallest absolute Gasteiger partial charge is 0.202 e. The summed E-state index contributed by atoms with van der Waals surface area (Å²) in [5.41, 5.74) is 11.1. The molecule has 3 N–H and O–H groups in total. The first-order valence-corrected chi connectivity index (χ1v) is 47.2. The van der Waals surface area contributed by atoms with E-state index in [9.17, 15) is 0 Å². The molecule has 8 fully saturated rings. The number of phenolic OH excluding ortho intramolecular Hbond substituents is 3. The third kappa shape index (κ3) is 24.1. The van der Waals surface area contributed by atoms with E-state index < -0.39 is 0 Å². The number of aromatic hydroxyl groups is 3. The molecule has 9 aliphatic rings. The van der Waals surface area contributed by atoms with Crippen molar-refractivity contribution in [3.63, 3.8) is 0 Å². The van der Waals surface area contributed by atoms with Crippen LogP contribution in [0.3, 0.4) is 0 Å². The second-order valence-corrected chi connectivity index (χ2v) is 39.1. The number of rotatable bonds is 25. The quantitative estimate of drug-likeness (QED) is 0.0384. The van der Waals surface area contributed by atoms with Crippen LogP contribution in [0.15, 0.2) is 170 Å². The van der Waals surface area contributed by atoms with Crippen LogP contribution >= 0.6 is 0 Å². The normalized spacial score (nSPS) is 27.6. The lowest BCUT2D eigenvalue weighted by Crippen LogP contribution is -2.43. The molecule has 24 unspecified atom stereocenters. The maximum atomic E-state index is 9.01. The van der Waals surface area contributed by atoms with Crippen molar-refractivity contribution in [2.75, 3.05) is 0 Å². The van der Waals surface area contributed by atoms with Crippen molar-refractivity contribution < 1.29 is 39.0 Å². The van der Waals surface area contributed by atoms with Crippen molar-refractivity contribution in [3.05, 3.63) is 214 Å². The van der Waals surface area contributed by atoms with E-state index in [1.807, 2.05) is 36.4 Å². The Morgan fingerprint density at radius 1 is 0.350 bits per heavy atom. The highest BCUT2D eigenvalue weighted by atomic mass is 16.7. The van der Waals surface area contributed by atoms with Gasteiger partial charge in [0, 0.05) is 11.8 Å². The standard InChI is InChI=1S/C29H42O2.C24H36O2.C15H24O.C11H14.3C10H14O/c1-5-17(4)18-9-11-20(12-10-18)30-29(16(2)3)31-26-14-19-13-25(26)28-24-15-23(27(19)28)21-7-6-8-22(21)24;1-5-16(4)17-9-11-19(12-10-17)25-24(15(2)3)26-23-14-18-13-22(23)21-8-6-7-20(18)21;1-6-12(3)13-8-10-14(11-9-13)16-15(4,5)7-2;1-8-7-10-5-3-4-6-11(10)9(8)2;3*1-3-8(2)9-4-6-10(11)7-5-9/h9-12,16-17,19,21-29H,5-8,13-15H2,1-4H3;9-12,15-16,18,20-24H,5-8,13-14H2,1-4H3;8-12H,6-7H2,1-5H3;3-6,8-9H,7H2,1-2H3;3*4-8,11H,3H2,1-2H3. The first-order chi connectivity index (χ1) is 56.1. The summed E-state index contributed by atoms with van der Waals surface area (Å²) in [6, 6.07) is 57.0. The van der Waals surface area contributed by atoms with E-state index >= 15 is 0 Å². The van der Waals surface area contributed by atoms with Crippen LogP contribution in [0.25, 0.3) is 0 Å². The Bertz CT molecular complexity index is 3870. The molecule has 8 nitrogen and oxygen atoms in total. The Hall–Kier alpha value is -6.74. The van der Waals surface area contributed by atoms with Gasteiger partial charge in [0.05, 0.1) is 12.2 Å². The fourth-order valence-electron chi connectivity index (χ4n) is 21.7. The van der Waals surface area contributed by atoms with Crippen LogP contribution in [0.4, 0.5) is 0 Å². The van der Waals surface area contributed by atoms with Crippen molar-refractivity contribution in [2.24, 2.45) is 88.8 Å². The summed E-state index contributed by atoms with van der Waals surface area (Å²) in [7, 11) is 0. The SMILES string of the molecule is CC1Cc2ccccc2C1C.CCC(C)c1ccc(O)cc1.CCC(C)c1ccc(O)cc1.CCC(C)c1ccc(O)cc1.CCC(C)c1ccc(OC(C)(C)CC)cc1.CCC(C)c1ccc(OC(OC2CC3CC2C2C4CC(C5CCCC54)C32)C(C)C)cc1.CCC(C)c1ccc(OC(OC2CC3CC2C2CCCC32)C(C)C)cc1. The molecule has 0 spiro atoms. The van der Waals surface area contributed by atoms with Crippen LogP contribution in [0.2, 0.25) is 0 Å². The number of hydrogen-bond acceptors (Lipinski definition) is 8. The molecule has 7 aromatic carbocycles. The molecule has 16 rings (SSSR count). The van der Waals surface area contributed by atoms with Gasteiger partial charge >= 0.3 is 0 Å². The summed E-state index contributed by atoms with van der Waals surface area (Å²) in [6.45, 7) is 46.6. The number of benzene rings is 7. The molecule has 6 bridgehead atoms. The summed E-state index contributed by atoms with van der Waals surface area (Å²) in [5.74, 6) is 21.7. The van der Waals surface area contributed by atoms with Crippen LogP contribution < -0.4 is 14.2 Å². The van der Waals surface area contributed by atoms with Crippen molar-refractivity contribution in [2.45, 2.75) is 339 Å². The number of hydrogen-bond donors (Lipinski definition) is 3. The summed E-state index contributed by atoms with van der Waals surface area (Å²) >= 11 is 0. The molecule has 0 saturated heterocycles. The van der Waals surface area contributed by atoms with Crippen LogP contribution in [0, 0.1) is 88.8 Å². The van der Waals surface area contributed by atoms with Crippen molar-refractivity contribution in [3.8, 4) is 34.5 Å². The predicted octanol–water partition coefficient (Wildman–Crippen LogP) is 30.2. The Kier molecular flexibility index (Phi) is 34.5. The number of phenols is 3. The lowest BCUT2D eigenvalue weighted by Gasteiger charge is -2.44. The molecule has 7 aromatic rings. The van der Waals surface area contributed by atoms with E-state index in [1.54, 1.807) is 60.4 Å². The Labute approximate surface area is 711 Å². The first kappa shape index (κ1) is 92.5. The van der Waals surface area contributed by atoms with E-state index in [4.69, 9.17) is 39.0 Å². The zero-order chi connectivity index (χ0) is 84.4. The fourth-order valence-corrected chi connectivity index (χ4v) is 21.7. The highest BCUT2D eigenvalue weighted by molar-refractivity contribution is 5.37. The topological polar surface area (TPSA) is 107 Å². The van der Waals surface area contributed by atoms with Gasteiger partial charge in [-0.1, -0.05) is 241 Å². The van der Waals surface area contributed by atoms with E-state index in [0.717, 1.165) is 126 Å². The fraction of sp³-hybridized carbons (Fsp3) is 0.615. The van der Waals surface area contributed by atoms with Gasteiger partial charge in [-0.3, -0.25) is 0 Å². The van der Waals surface area contributed by atoms with Crippen LogP contribution in [-0.4, -0.2) is 45.7 Å². The molecule has 0 heterocycles. The molecule has 24 atom stereocenters. The molecule has 9 aliphatic carbocycles. The molecule has 0 aliphatic heterocycles. The van der Waals surface area contributed by atoms with Crippen molar-refractivity contribution in [1.29, 1.82) is 0 Å². The van der Waals surface area contributed by atoms with Crippen LogP contribution in [0.1, 0.15) is 347 Å². The van der Waals surface area contributed by atoms with Gasteiger partial charge in [0.25, 0.3) is 0 Å². The third-order valence-corrected chi connectivity index (χ3v) is 30.5. The van der Waals surface area contributed by atoms with E-state index in [0.29, 0.717) is 76.8 Å². The second kappa shape index (κ2) is 43.7. The molecule has 117 heavy (non-hydrogen) atoms. The zero-order valence-electron chi connectivity index (χ0n) is 76.5. The van der Waals surface area contributed by atoms with Crippen LogP contribution in [-0.2, 0) is 15.9 Å². The van der Waals surface area contributed by atoms with Gasteiger partial charge in [0.2, 0.25) is 12.6 Å². The molecule has 0 radical (unpaired) electrons. The molecular weight excluding hydrogens is 1440 g/mol. The van der Waals surface area contributed by atoms with Gasteiger partial charge in [-0.25, -0.2) is 0 Å². The summed E-state index contributed by atoms with van der Waals surface area (Å²) in [5, 5.41) is 27.0. The van der Waals surface area contributed by atoms with Crippen molar-refractivity contribution >= 4 is 0 Å². The summed E-state index contributed by atoms with van der Waals surface area (Å²) in [6.07, 6.45) is 25.8. The molecule has 8 heteroatoms. The molecule has 0 aromatic heterocycles. The predicted molar refractivity (Wildman–Crippen MR) is 490 cm³/mol. The summed E-state index contributed by atoms with van der Waals surface area (Å²) in [4.78, 5) is 0. The largest absolute Gasteiger partial charge is 0.508 e. The van der Waals surface area contributed by atoms with Gasteiger partial charge in [0.15, 0.2) is 0 Å². The highest BCUT2D eigenvalue weighted by Crippen LogP contribution is 2.73. The van der Waals surface area contributed by atoms with Crippen LogP contribution in [0.5, 0.6) is 34.5 Å². The lowest BCUT2D eigenvalue weighted by molar-refractivity contribution is -0.168.